The van der Waals surface area contributed by atoms with Crippen LogP contribution in [0.1, 0.15) is 33.1 Å². The topological polar surface area (TPSA) is 55.6 Å². The van der Waals surface area contributed by atoms with E-state index < -0.39 is 0 Å². The van der Waals surface area contributed by atoms with Gasteiger partial charge in [0.05, 0.1) is 12.8 Å². The molecule has 1 rings (SSSR count). The molecule has 4 nitrogen and oxygen atoms in total. The van der Waals surface area contributed by atoms with Crippen LogP contribution in [0.3, 0.4) is 0 Å². The van der Waals surface area contributed by atoms with Crippen molar-refractivity contribution in [1.82, 2.24) is 0 Å². The number of nitrogens with two attached hydrogens (primary N) is 1. The van der Waals surface area contributed by atoms with Crippen molar-refractivity contribution in [2.24, 2.45) is 11.1 Å². The highest BCUT2D eigenvalue weighted by atomic mass is 16.5. The Bertz CT molecular complexity index is 444. The van der Waals surface area contributed by atoms with E-state index in [1.807, 2.05) is 24.3 Å². The predicted octanol–water partition coefficient (Wildman–Crippen LogP) is 2.81. The van der Waals surface area contributed by atoms with Gasteiger partial charge in [-0.3, -0.25) is 4.79 Å². The third kappa shape index (κ3) is 4.53. The average Bonchev–Trinajstić information content (AvgIpc) is 2.44. The molecule has 0 radical (unpaired) electrons. The van der Waals surface area contributed by atoms with Crippen molar-refractivity contribution >= 4 is 11.6 Å². The van der Waals surface area contributed by atoms with Crippen LogP contribution >= 0.6 is 0 Å². The van der Waals surface area contributed by atoms with Gasteiger partial charge in [0, 0.05) is 13.5 Å². The molecule has 0 bridgehead atoms. The second-order valence-corrected chi connectivity index (χ2v) is 5.83. The van der Waals surface area contributed by atoms with Gasteiger partial charge in [0.1, 0.15) is 5.75 Å². The Hall–Kier alpha value is -1.55. The third-order valence-electron chi connectivity index (χ3n) is 3.66. The molecule has 0 aliphatic heterocycles. The molecule has 0 aliphatic carbocycles. The van der Waals surface area contributed by atoms with Crippen LogP contribution in [0.25, 0.3) is 0 Å². The molecule has 20 heavy (non-hydrogen) atoms. The van der Waals surface area contributed by atoms with Gasteiger partial charge in [-0.15, -0.1) is 0 Å². The Kier molecular flexibility index (Phi) is 6.02. The van der Waals surface area contributed by atoms with Crippen LogP contribution in [0.5, 0.6) is 5.75 Å². The van der Waals surface area contributed by atoms with Gasteiger partial charge in [0.15, 0.2) is 0 Å². The fourth-order valence-corrected chi connectivity index (χ4v) is 2.17. The zero-order valence-electron chi connectivity index (χ0n) is 13.0. The molecule has 1 aromatic carbocycles. The van der Waals surface area contributed by atoms with Gasteiger partial charge >= 0.3 is 0 Å². The van der Waals surface area contributed by atoms with E-state index in [4.69, 9.17) is 10.5 Å². The Labute approximate surface area is 121 Å². The Balaban J connectivity index is 2.68. The van der Waals surface area contributed by atoms with Gasteiger partial charge in [0.25, 0.3) is 0 Å². The van der Waals surface area contributed by atoms with Crippen molar-refractivity contribution in [3.05, 3.63) is 24.3 Å². The van der Waals surface area contributed by atoms with E-state index in [1.54, 1.807) is 19.1 Å². The number of nitrogens with zero attached hydrogens (tertiary/aromatic N) is 1. The lowest BCUT2D eigenvalue weighted by Gasteiger charge is -2.25. The summed E-state index contributed by atoms with van der Waals surface area (Å²) in [5, 5.41) is 0. The molecular weight excluding hydrogens is 252 g/mol. The lowest BCUT2D eigenvalue weighted by molar-refractivity contribution is -0.118. The first-order valence-corrected chi connectivity index (χ1v) is 7.01. The predicted molar refractivity (Wildman–Crippen MR) is 83.1 cm³/mol. The Morgan fingerprint density at radius 2 is 1.95 bits per heavy atom. The number of amides is 1. The summed E-state index contributed by atoms with van der Waals surface area (Å²) in [5.41, 5.74) is 6.50. The summed E-state index contributed by atoms with van der Waals surface area (Å²) in [6.45, 7) is 4.95. The summed E-state index contributed by atoms with van der Waals surface area (Å²) in [6, 6.07) is 7.55. The number of benzene rings is 1. The minimum Gasteiger partial charge on any atom is -0.495 e. The molecule has 1 amide bonds. The van der Waals surface area contributed by atoms with E-state index in [0.29, 0.717) is 18.7 Å². The number of carbonyl (C=O) groups excluding carboxylic acids is 1. The first-order chi connectivity index (χ1) is 9.41. The normalized spacial score (nSPS) is 11.2. The van der Waals surface area contributed by atoms with Crippen molar-refractivity contribution in [3.63, 3.8) is 0 Å². The number of hydrogen-bond donors (Lipinski definition) is 1. The van der Waals surface area contributed by atoms with Gasteiger partial charge in [-0.1, -0.05) is 26.0 Å². The first-order valence-electron chi connectivity index (χ1n) is 7.01. The molecule has 0 spiro atoms. The molecule has 112 valence electrons. The van der Waals surface area contributed by atoms with E-state index in [0.717, 1.165) is 18.5 Å². The Morgan fingerprint density at radius 3 is 2.55 bits per heavy atom. The van der Waals surface area contributed by atoms with Crippen molar-refractivity contribution in [1.29, 1.82) is 0 Å². The van der Waals surface area contributed by atoms with Crippen molar-refractivity contribution in [2.45, 2.75) is 33.1 Å². The maximum atomic E-state index is 12.3. The van der Waals surface area contributed by atoms with E-state index in [-0.39, 0.29) is 11.3 Å². The highest BCUT2D eigenvalue weighted by molar-refractivity contribution is 5.94. The molecule has 0 aromatic heterocycles. The van der Waals surface area contributed by atoms with E-state index >= 15 is 0 Å². The van der Waals surface area contributed by atoms with Crippen LogP contribution < -0.4 is 15.4 Å². The number of ether oxygens (including phenoxy) is 1. The number of rotatable bonds is 7. The van der Waals surface area contributed by atoms with Gasteiger partial charge in [-0.05, 0) is 36.9 Å². The van der Waals surface area contributed by atoms with Gasteiger partial charge in [-0.2, -0.15) is 0 Å². The smallest absolute Gasteiger partial charge is 0.226 e. The third-order valence-corrected chi connectivity index (χ3v) is 3.66. The van der Waals surface area contributed by atoms with Crippen molar-refractivity contribution in [3.8, 4) is 5.75 Å². The summed E-state index contributed by atoms with van der Waals surface area (Å²) in [4.78, 5) is 14.0. The molecule has 0 saturated heterocycles. The summed E-state index contributed by atoms with van der Waals surface area (Å²) in [7, 11) is 3.40. The average molecular weight is 278 g/mol. The first kappa shape index (κ1) is 16.5. The molecule has 0 aliphatic rings. The zero-order chi connectivity index (χ0) is 15.2. The van der Waals surface area contributed by atoms with Gasteiger partial charge < -0.3 is 15.4 Å². The Morgan fingerprint density at radius 1 is 1.30 bits per heavy atom. The molecule has 0 unspecified atom stereocenters. The second kappa shape index (κ2) is 7.29. The number of methoxy groups -OCH3 is 1. The number of anilines is 1. The van der Waals surface area contributed by atoms with Crippen LogP contribution in [0, 0.1) is 5.41 Å². The molecule has 0 fully saturated rings. The minimum atomic E-state index is 0.0968. The highest BCUT2D eigenvalue weighted by Crippen LogP contribution is 2.29. The molecule has 0 saturated carbocycles. The monoisotopic (exact) mass is 278 g/mol. The van der Waals surface area contributed by atoms with Crippen LogP contribution in [0.4, 0.5) is 5.69 Å². The lowest BCUT2D eigenvalue weighted by Crippen LogP contribution is -2.28. The minimum absolute atomic E-state index is 0.0968. The van der Waals surface area contributed by atoms with Crippen molar-refractivity contribution < 1.29 is 9.53 Å². The number of para-hydroxylation sites is 2. The number of carbonyl (C=O) groups is 1. The highest BCUT2D eigenvalue weighted by Gasteiger charge is 2.21. The molecular formula is C16H26N2O2. The summed E-state index contributed by atoms with van der Waals surface area (Å²) in [5.74, 6) is 0.809. The van der Waals surface area contributed by atoms with Gasteiger partial charge in [0.2, 0.25) is 5.91 Å². The van der Waals surface area contributed by atoms with Crippen molar-refractivity contribution in [2.75, 3.05) is 25.6 Å². The second-order valence-electron chi connectivity index (χ2n) is 5.83. The SMILES string of the molecule is COc1ccccc1N(C)C(=O)CCC(C)(C)CCN. The molecule has 0 heterocycles. The van der Waals surface area contributed by atoms with Crippen LogP contribution in [0.15, 0.2) is 24.3 Å². The maximum Gasteiger partial charge on any atom is 0.226 e. The van der Waals surface area contributed by atoms with Crippen LogP contribution in [-0.2, 0) is 4.79 Å². The zero-order valence-corrected chi connectivity index (χ0v) is 13.0. The van der Waals surface area contributed by atoms with Gasteiger partial charge in [-0.25, -0.2) is 0 Å². The fraction of sp³-hybridized carbons (Fsp3) is 0.562. The van der Waals surface area contributed by atoms with E-state index in [1.165, 1.54) is 0 Å². The summed E-state index contributed by atoms with van der Waals surface area (Å²) < 4.78 is 5.29. The van der Waals surface area contributed by atoms with Crippen LogP contribution in [-0.4, -0.2) is 26.6 Å². The molecule has 0 atom stereocenters. The van der Waals surface area contributed by atoms with E-state index in [9.17, 15) is 4.79 Å². The quantitative estimate of drug-likeness (QED) is 0.834. The fourth-order valence-electron chi connectivity index (χ4n) is 2.17. The number of hydrogen-bond acceptors (Lipinski definition) is 3. The molecule has 2 N–H and O–H groups in total. The summed E-state index contributed by atoms with van der Waals surface area (Å²) in [6.07, 6.45) is 2.28. The lowest BCUT2D eigenvalue weighted by atomic mass is 9.84. The maximum absolute atomic E-state index is 12.3. The molecule has 4 heteroatoms. The largest absolute Gasteiger partial charge is 0.495 e. The molecule has 1 aromatic rings. The standard InChI is InChI=1S/C16H26N2O2/c1-16(2,11-12-17)10-9-15(19)18(3)13-7-5-6-8-14(13)20-4/h5-8H,9-12,17H2,1-4H3. The van der Waals surface area contributed by atoms with E-state index in [2.05, 4.69) is 13.8 Å². The summed E-state index contributed by atoms with van der Waals surface area (Å²) >= 11 is 0. The van der Waals surface area contributed by atoms with Crippen LogP contribution in [0.2, 0.25) is 0 Å².